The largest absolute Gasteiger partial charge is 0.490 e. The summed E-state index contributed by atoms with van der Waals surface area (Å²) in [5.74, 6) is 1.46. The third kappa shape index (κ3) is 4.72. The molecule has 5 heteroatoms. The van der Waals surface area contributed by atoms with Crippen LogP contribution in [0.3, 0.4) is 0 Å². The minimum Gasteiger partial charge on any atom is -0.490 e. The highest BCUT2D eigenvalue weighted by Crippen LogP contribution is 2.15. The summed E-state index contributed by atoms with van der Waals surface area (Å²) in [7, 11) is 0. The summed E-state index contributed by atoms with van der Waals surface area (Å²) in [6.07, 6.45) is 4.06. The smallest absolute Gasteiger partial charge is 0.139 e. The fraction of sp³-hybridized carbons (Fsp3) is 0.267. The van der Waals surface area contributed by atoms with Crippen molar-refractivity contribution >= 4 is 11.6 Å². The van der Waals surface area contributed by atoms with Crippen molar-refractivity contribution < 1.29 is 9.47 Å². The van der Waals surface area contributed by atoms with Gasteiger partial charge in [-0.15, -0.1) is 0 Å². The lowest BCUT2D eigenvalue weighted by molar-refractivity contribution is 0.216. The number of hydrogen-bond donors (Lipinski definition) is 1. The van der Waals surface area contributed by atoms with E-state index in [0.717, 1.165) is 12.2 Å². The summed E-state index contributed by atoms with van der Waals surface area (Å²) in [6.45, 7) is 1.55. The zero-order chi connectivity index (χ0) is 14.2. The number of ether oxygens (including phenoxy) is 2. The second kappa shape index (κ2) is 7.72. The van der Waals surface area contributed by atoms with Crippen LogP contribution in [0.15, 0.2) is 42.7 Å². The monoisotopic (exact) mass is 292 g/mol. The SMILES string of the molecule is NCCc1ccc(OCCOc2cncc(Cl)c2)cc1. The zero-order valence-electron chi connectivity index (χ0n) is 11.1. The van der Waals surface area contributed by atoms with Gasteiger partial charge in [-0.25, -0.2) is 0 Å². The minimum absolute atomic E-state index is 0.437. The van der Waals surface area contributed by atoms with Crippen LogP contribution >= 0.6 is 11.6 Å². The van der Waals surface area contributed by atoms with E-state index < -0.39 is 0 Å². The van der Waals surface area contributed by atoms with Gasteiger partial charge in [0.1, 0.15) is 24.7 Å². The third-order valence-corrected chi connectivity index (χ3v) is 2.86. The van der Waals surface area contributed by atoms with Crippen molar-refractivity contribution in [2.75, 3.05) is 19.8 Å². The van der Waals surface area contributed by atoms with Crippen LogP contribution in [0.25, 0.3) is 0 Å². The molecule has 20 heavy (non-hydrogen) atoms. The molecule has 0 aliphatic rings. The summed E-state index contributed by atoms with van der Waals surface area (Å²) in [5.41, 5.74) is 6.71. The summed E-state index contributed by atoms with van der Waals surface area (Å²) < 4.78 is 11.1. The summed E-state index contributed by atoms with van der Waals surface area (Å²) in [5, 5.41) is 0.555. The molecule has 0 fully saturated rings. The molecule has 0 aliphatic carbocycles. The molecule has 0 saturated carbocycles. The van der Waals surface area contributed by atoms with E-state index >= 15 is 0 Å². The molecular formula is C15H17ClN2O2. The molecule has 0 aliphatic heterocycles. The van der Waals surface area contributed by atoms with Crippen LogP contribution in [0.5, 0.6) is 11.5 Å². The standard InChI is InChI=1S/C15H17ClN2O2/c16-13-9-15(11-18-10-13)20-8-7-19-14-3-1-12(2-4-14)5-6-17/h1-4,9-11H,5-8,17H2. The average Bonchev–Trinajstić information content (AvgIpc) is 2.46. The molecule has 1 aromatic carbocycles. The predicted octanol–water partition coefficient (Wildman–Crippen LogP) is 2.69. The minimum atomic E-state index is 0.437. The number of halogens is 1. The van der Waals surface area contributed by atoms with Gasteiger partial charge in [-0.05, 0) is 30.7 Å². The molecule has 0 unspecified atom stereocenters. The molecule has 0 spiro atoms. The molecular weight excluding hydrogens is 276 g/mol. The molecule has 0 radical (unpaired) electrons. The molecule has 1 heterocycles. The maximum Gasteiger partial charge on any atom is 0.139 e. The van der Waals surface area contributed by atoms with Crippen molar-refractivity contribution in [2.45, 2.75) is 6.42 Å². The number of benzene rings is 1. The topological polar surface area (TPSA) is 57.4 Å². The molecule has 2 aromatic rings. The fourth-order valence-corrected chi connectivity index (χ4v) is 1.87. The molecule has 1 aromatic heterocycles. The Kier molecular flexibility index (Phi) is 5.65. The van der Waals surface area contributed by atoms with E-state index in [1.807, 2.05) is 24.3 Å². The van der Waals surface area contributed by atoms with Crippen molar-refractivity contribution in [3.8, 4) is 11.5 Å². The lowest BCUT2D eigenvalue weighted by atomic mass is 10.1. The van der Waals surface area contributed by atoms with Crippen LogP contribution in [0, 0.1) is 0 Å². The Morgan fingerprint density at radius 1 is 1.00 bits per heavy atom. The fourth-order valence-electron chi connectivity index (χ4n) is 1.71. The Morgan fingerprint density at radius 3 is 2.35 bits per heavy atom. The highest BCUT2D eigenvalue weighted by atomic mass is 35.5. The van der Waals surface area contributed by atoms with Crippen LogP contribution in [0.4, 0.5) is 0 Å². The van der Waals surface area contributed by atoms with Gasteiger partial charge in [0.25, 0.3) is 0 Å². The number of aromatic nitrogens is 1. The molecule has 0 bridgehead atoms. The van der Waals surface area contributed by atoms with Crippen molar-refractivity contribution in [3.63, 3.8) is 0 Å². The number of rotatable bonds is 7. The van der Waals surface area contributed by atoms with Gasteiger partial charge in [0.05, 0.1) is 11.2 Å². The average molecular weight is 293 g/mol. The second-order valence-corrected chi connectivity index (χ2v) is 4.65. The van der Waals surface area contributed by atoms with Crippen molar-refractivity contribution in [1.82, 2.24) is 4.98 Å². The maximum atomic E-state index is 5.81. The van der Waals surface area contributed by atoms with Gasteiger partial charge in [-0.3, -0.25) is 4.98 Å². The molecule has 0 amide bonds. The van der Waals surface area contributed by atoms with Crippen LogP contribution < -0.4 is 15.2 Å². The van der Waals surface area contributed by atoms with Crippen LogP contribution in [0.2, 0.25) is 5.02 Å². The first-order valence-corrected chi connectivity index (χ1v) is 6.81. The van der Waals surface area contributed by atoms with E-state index in [0.29, 0.717) is 30.5 Å². The first kappa shape index (κ1) is 14.6. The predicted molar refractivity (Wildman–Crippen MR) is 79.4 cm³/mol. The number of pyridine rings is 1. The van der Waals surface area contributed by atoms with E-state index in [4.69, 9.17) is 26.8 Å². The van der Waals surface area contributed by atoms with Gasteiger partial charge in [0.15, 0.2) is 0 Å². The van der Waals surface area contributed by atoms with Crippen LogP contribution in [-0.2, 0) is 6.42 Å². The van der Waals surface area contributed by atoms with Gasteiger partial charge in [0.2, 0.25) is 0 Å². The number of nitrogens with zero attached hydrogens (tertiary/aromatic N) is 1. The Bertz CT molecular complexity index is 532. The van der Waals surface area contributed by atoms with Gasteiger partial charge >= 0.3 is 0 Å². The van der Waals surface area contributed by atoms with E-state index in [2.05, 4.69) is 4.98 Å². The van der Waals surface area contributed by atoms with E-state index in [1.54, 1.807) is 18.5 Å². The molecule has 2 rings (SSSR count). The van der Waals surface area contributed by atoms with Gasteiger partial charge in [0, 0.05) is 12.3 Å². The van der Waals surface area contributed by atoms with Gasteiger partial charge in [-0.2, -0.15) is 0 Å². The van der Waals surface area contributed by atoms with Gasteiger partial charge in [-0.1, -0.05) is 23.7 Å². The summed E-state index contributed by atoms with van der Waals surface area (Å²) >= 11 is 5.81. The van der Waals surface area contributed by atoms with E-state index in [-0.39, 0.29) is 0 Å². The van der Waals surface area contributed by atoms with Crippen LogP contribution in [0.1, 0.15) is 5.56 Å². The lowest BCUT2D eigenvalue weighted by Gasteiger charge is -2.08. The Morgan fingerprint density at radius 2 is 1.70 bits per heavy atom. The molecule has 4 nitrogen and oxygen atoms in total. The highest BCUT2D eigenvalue weighted by Gasteiger charge is 1.98. The van der Waals surface area contributed by atoms with E-state index in [1.165, 1.54) is 5.56 Å². The Hall–Kier alpha value is -1.78. The summed E-state index contributed by atoms with van der Waals surface area (Å²) in [4.78, 5) is 3.94. The molecule has 0 saturated heterocycles. The molecule has 0 atom stereocenters. The first-order chi connectivity index (χ1) is 9.78. The summed E-state index contributed by atoms with van der Waals surface area (Å²) in [6, 6.07) is 9.63. The Balaban J connectivity index is 1.73. The van der Waals surface area contributed by atoms with Crippen molar-refractivity contribution in [2.24, 2.45) is 5.73 Å². The number of hydrogen-bond acceptors (Lipinski definition) is 4. The van der Waals surface area contributed by atoms with Crippen LogP contribution in [-0.4, -0.2) is 24.7 Å². The van der Waals surface area contributed by atoms with Crippen molar-refractivity contribution in [3.05, 3.63) is 53.3 Å². The molecule has 2 N–H and O–H groups in total. The lowest BCUT2D eigenvalue weighted by Crippen LogP contribution is -2.09. The zero-order valence-corrected chi connectivity index (χ0v) is 11.8. The molecule has 106 valence electrons. The maximum absolute atomic E-state index is 5.81. The number of nitrogens with two attached hydrogens (primary N) is 1. The third-order valence-electron chi connectivity index (χ3n) is 2.66. The highest BCUT2D eigenvalue weighted by molar-refractivity contribution is 6.30. The van der Waals surface area contributed by atoms with Crippen molar-refractivity contribution in [1.29, 1.82) is 0 Å². The van der Waals surface area contributed by atoms with E-state index in [9.17, 15) is 0 Å². The Labute approximate surface area is 123 Å². The first-order valence-electron chi connectivity index (χ1n) is 6.43. The normalized spacial score (nSPS) is 10.3. The quantitative estimate of drug-likeness (QED) is 0.797. The second-order valence-electron chi connectivity index (χ2n) is 4.22. The van der Waals surface area contributed by atoms with Gasteiger partial charge < -0.3 is 15.2 Å².